The fourth-order valence-corrected chi connectivity index (χ4v) is 4.64. The zero-order valence-corrected chi connectivity index (χ0v) is 18.9. The van der Waals surface area contributed by atoms with Crippen LogP contribution in [0.4, 0.5) is 22.0 Å². The fourth-order valence-electron chi connectivity index (χ4n) is 4.64. The summed E-state index contributed by atoms with van der Waals surface area (Å²) in [4.78, 5) is 41.9. The summed E-state index contributed by atoms with van der Waals surface area (Å²) in [6.45, 7) is -0.582. The molecular weight excluding hydrogens is 501 g/mol. The Labute approximate surface area is 205 Å². The van der Waals surface area contributed by atoms with E-state index in [1.807, 2.05) is 0 Å². The Morgan fingerprint density at radius 2 is 1.70 bits per heavy atom. The number of halogens is 5. The zero-order chi connectivity index (χ0) is 26.6. The quantitative estimate of drug-likeness (QED) is 0.460. The van der Waals surface area contributed by atoms with Gasteiger partial charge in [0.15, 0.2) is 23.1 Å². The lowest BCUT2D eigenvalue weighted by Crippen LogP contribution is -2.34. The molecule has 2 heterocycles. The monoisotopic (exact) mass is 519 g/mol. The molecule has 2 unspecified atom stereocenters. The minimum Gasteiger partial charge on any atom is -0.503 e. The highest BCUT2D eigenvalue weighted by atomic mass is 19.2. The third kappa shape index (κ3) is 4.43. The topological polar surface area (TPSA) is 102 Å². The van der Waals surface area contributed by atoms with E-state index in [9.17, 15) is 41.4 Å². The van der Waals surface area contributed by atoms with Crippen LogP contribution in [0.15, 0.2) is 35.3 Å². The second-order valence-corrected chi connectivity index (χ2v) is 9.04. The molecule has 3 N–H and O–H groups in total. The van der Waals surface area contributed by atoms with E-state index in [0.717, 1.165) is 18.3 Å². The maximum Gasteiger partial charge on any atom is 0.274 e. The van der Waals surface area contributed by atoms with E-state index in [2.05, 4.69) is 10.3 Å². The molecule has 0 radical (unpaired) electrons. The summed E-state index contributed by atoms with van der Waals surface area (Å²) in [6, 6.07) is 3.01. The van der Waals surface area contributed by atoms with Crippen molar-refractivity contribution in [2.75, 3.05) is 6.54 Å². The second-order valence-electron chi connectivity index (χ2n) is 9.04. The zero-order valence-electron chi connectivity index (χ0n) is 18.9. The Morgan fingerprint density at radius 3 is 2.41 bits per heavy atom. The molecule has 1 aliphatic heterocycles. The number of aromatic amines is 1. The number of H-pyrrole nitrogens is 1. The van der Waals surface area contributed by atoms with Crippen LogP contribution in [0.3, 0.4) is 0 Å². The average molecular weight is 519 g/mol. The minimum atomic E-state index is -1.24. The third-order valence-corrected chi connectivity index (χ3v) is 6.65. The molecule has 2 atom stereocenters. The molecule has 1 fully saturated rings. The van der Waals surface area contributed by atoms with Gasteiger partial charge in [0.2, 0.25) is 5.43 Å². The van der Waals surface area contributed by atoms with Crippen LogP contribution in [0, 0.1) is 35.0 Å². The molecular formula is C25H18F5N3O4. The SMILES string of the molecule is O=C(NCc1c(F)cc(F)cc1F)c1c[nH]c(C(=O)N2Cc3cc(F)c(F)cc3C3CC3C2)c(O)c1=O. The van der Waals surface area contributed by atoms with Gasteiger partial charge in [-0.2, -0.15) is 0 Å². The molecule has 7 nitrogen and oxygen atoms in total. The van der Waals surface area contributed by atoms with Crippen molar-refractivity contribution in [3.63, 3.8) is 0 Å². The van der Waals surface area contributed by atoms with E-state index >= 15 is 0 Å². The van der Waals surface area contributed by atoms with Gasteiger partial charge >= 0.3 is 0 Å². The van der Waals surface area contributed by atoms with Gasteiger partial charge in [-0.15, -0.1) is 0 Å². The van der Waals surface area contributed by atoms with Crippen LogP contribution in [-0.4, -0.2) is 33.3 Å². The van der Waals surface area contributed by atoms with Crippen LogP contribution in [-0.2, 0) is 13.1 Å². The molecule has 1 aromatic heterocycles. The van der Waals surface area contributed by atoms with E-state index in [-0.39, 0.29) is 24.9 Å². The predicted octanol–water partition coefficient (Wildman–Crippen LogP) is 3.47. The molecule has 5 rings (SSSR count). The average Bonchev–Trinajstić information content (AvgIpc) is 3.61. The predicted molar refractivity (Wildman–Crippen MR) is 118 cm³/mol. The van der Waals surface area contributed by atoms with Crippen molar-refractivity contribution in [2.24, 2.45) is 5.92 Å². The summed E-state index contributed by atoms with van der Waals surface area (Å²) in [5.74, 6) is -8.65. The van der Waals surface area contributed by atoms with Crippen LogP contribution < -0.4 is 10.7 Å². The molecule has 2 aliphatic rings. The Hall–Kier alpha value is -4.22. The van der Waals surface area contributed by atoms with Crippen LogP contribution in [0.1, 0.15) is 49.9 Å². The molecule has 2 amide bonds. The van der Waals surface area contributed by atoms with Crippen molar-refractivity contribution in [1.29, 1.82) is 0 Å². The maximum atomic E-state index is 13.8. The molecule has 12 heteroatoms. The van der Waals surface area contributed by atoms with Gasteiger partial charge in [0.05, 0.1) is 0 Å². The Balaban J connectivity index is 1.36. The summed E-state index contributed by atoms with van der Waals surface area (Å²) in [5.41, 5.74) is -1.99. The lowest BCUT2D eigenvalue weighted by molar-refractivity contribution is 0.0727. The van der Waals surface area contributed by atoms with E-state index in [0.29, 0.717) is 29.7 Å². The van der Waals surface area contributed by atoms with Crippen LogP contribution in [0.5, 0.6) is 5.75 Å². The van der Waals surface area contributed by atoms with Crippen molar-refractivity contribution in [2.45, 2.75) is 25.4 Å². The van der Waals surface area contributed by atoms with Gasteiger partial charge in [-0.05, 0) is 41.5 Å². The maximum absolute atomic E-state index is 13.8. The van der Waals surface area contributed by atoms with Crippen molar-refractivity contribution in [3.05, 3.63) is 97.7 Å². The summed E-state index contributed by atoms with van der Waals surface area (Å²) < 4.78 is 68.2. The second kappa shape index (κ2) is 9.02. The largest absolute Gasteiger partial charge is 0.503 e. The molecule has 1 saturated carbocycles. The number of amides is 2. The standard InChI is InChI=1S/C25H18F5N3O4/c26-12-3-17(27)15(18(28)4-12)6-32-24(36)16-7-31-21(23(35)22(16)34)25(37)33-8-10-1-13(10)14-5-20(30)19(29)2-11(14)9-33/h2-5,7,10,13,35H,1,6,8-9H2,(H,31,34)(H,32,36). The van der Waals surface area contributed by atoms with Gasteiger partial charge in [-0.3, -0.25) is 14.4 Å². The molecule has 37 heavy (non-hydrogen) atoms. The number of carbonyl (C=O) groups excluding carboxylic acids is 2. The van der Waals surface area contributed by atoms with Gasteiger partial charge in [-0.25, -0.2) is 22.0 Å². The number of benzene rings is 2. The van der Waals surface area contributed by atoms with Crippen LogP contribution in [0.2, 0.25) is 0 Å². The number of aromatic hydroxyl groups is 1. The smallest absolute Gasteiger partial charge is 0.274 e. The van der Waals surface area contributed by atoms with Crippen LogP contribution >= 0.6 is 0 Å². The fraction of sp³-hybridized carbons (Fsp3) is 0.240. The molecule has 2 aromatic carbocycles. The molecule has 3 aromatic rings. The molecule has 1 aliphatic carbocycles. The Morgan fingerprint density at radius 1 is 1.03 bits per heavy atom. The number of carbonyl (C=O) groups is 2. The van der Waals surface area contributed by atoms with Crippen LogP contribution in [0.25, 0.3) is 0 Å². The number of aromatic nitrogens is 1. The highest BCUT2D eigenvalue weighted by Crippen LogP contribution is 2.51. The van der Waals surface area contributed by atoms with Crippen molar-refractivity contribution >= 4 is 11.8 Å². The number of rotatable bonds is 4. The first kappa shape index (κ1) is 24.5. The highest BCUT2D eigenvalue weighted by Gasteiger charge is 2.44. The van der Waals surface area contributed by atoms with Gasteiger partial charge in [0.1, 0.15) is 23.0 Å². The normalized spacial score (nSPS) is 18.0. The number of pyridine rings is 1. The summed E-state index contributed by atoms with van der Waals surface area (Å²) >= 11 is 0. The first-order chi connectivity index (χ1) is 17.5. The molecule has 0 saturated heterocycles. The number of fused-ring (bicyclic) bond motifs is 3. The summed E-state index contributed by atoms with van der Waals surface area (Å²) in [6.07, 6.45) is 1.53. The lowest BCUT2D eigenvalue weighted by Gasteiger charge is -2.22. The Bertz CT molecular complexity index is 1500. The van der Waals surface area contributed by atoms with Crippen molar-refractivity contribution in [3.8, 4) is 5.75 Å². The number of nitrogens with one attached hydrogen (secondary N) is 2. The molecule has 0 bridgehead atoms. The third-order valence-electron chi connectivity index (χ3n) is 6.65. The van der Waals surface area contributed by atoms with Gasteiger partial charge in [-0.1, -0.05) is 0 Å². The molecule has 192 valence electrons. The minimum absolute atomic E-state index is 0.00114. The van der Waals surface area contributed by atoms with Crippen molar-refractivity contribution in [1.82, 2.24) is 15.2 Å². The van der Waals surface area contributed by atoms with E-state index < -0.39 is 75.4 Å². The first-order valence-corrected chi connectivity index (χ1v) is 11.2. The van der Waals surface area contributed by atoms with E-state index in [1.165, 1.54) is 4.90 Å². The van der Waals surface area contributed by atoms with E-state index in [1.54, 1.807) is 0 Å². The number of nitrogens with zero attached hydrogens (tertiary/aromatic N) is 1. The van der Waals surface area contributed by atoms with Gasteiger partial charge in [0, 0.05) is 43.5 Å². The van der Waals surface area contributed by atoms with Crippen molar-refractivity contribution < 1.29 is 36.6 Å². The van der Waals surface area contributed by atoms with Gasteiger partial charge in [0.25, 0.3) is 11.8 Å². The van der Waals surface area contributed by atoms with Gasteiger partial charge < -0.3 is 20.3 Å². The Kier molecular flexibility index (Phi) is 5.97. The number of hydrogen-bond donors (Lipinski definition) is 3. The lowest BCUT2D eigenvalue weighted by atomic mass is 10.0. The summed E-state index contributed by atoms with van der Waals surface area (Å²) in [7, 11) is 0. The summed E-state index contributed by atoms with van der Waals surface area (Å²) in [5, 5.41) is 12.5. The first-order valence-electron chi connectivity index (χ1n) is 11.2. The highest BCUT2D eigenvalue weighted by molar-refractivity contribution is 5.98. The van der Waals surface area contributed by atoms with E-state index in [4.69, 9.17) is 0 Å². The number of hydrogen-bond acceptors (Lipinski definition) is 4. The molecule has 0 spiro atoms.